The Kier molecular flexibility index (Phi) is 8.08. The molecule has 1 aliphatic rings. The van der Waals surface area contributed by atoms with Crippen LogP contribution in [0.25, 0.3) is 0 Å². The number of carbonyl (C=O) groups is 4. The van der Waals surface area contributed by atoms with Crippen LogP contribution in [0.1, 0.15) is 34.6 Å². The van der Waals surface area contributed by atoms with Gasteiger partial charge in [-0.2, -0.15) is 0 Å². The van der Waals surface area contributed by atoms with Crippen molar-refractivity contribution in [2.24, 2.45) is 0 Å². The maximum Gasteiger partial charge on any atom is 0.338 e. The van der Waals surface area contributed by atoms with Crippen molar-refractivity contribution in [2.45, 2.75) is 13.8 Å². The predicted octanol–water partition coefficient (Wildman–Crippen LogP) is 4.95. The zero-order valence-corrected chi connectivity index (χ0v) is 21.4. The first kappa shape index (κ1) is 26.4. The number of hydrogen-bond donors (Lipinski definition) is 2. The summed E-state index contributed by atoms with van der Waals surface area (Å²) in [6.45, 7) is 4.18. The van der Waals surface area contributed by atoms with Crippen molar-refractivity contribution in [1.82, 2.24) is 0 Å². The fraction of sp³-hybridized carbons (Fsp3) is 0.143. The van der Waals surface area contributed by atoms with Crippen molar-refractivity contribution in [1.29, 1.82) is 0 Å². The molecule has 3 aromatic carbocycles. The Morgan fingerprint density at radius 3 is 2.32 bits per heavy atom. The molecule has 0 spiro atoms. The second-order valence-electron chi connectivity index (χ2n) is 7.99. The number of halogens is 1. The zero-order valence-electron chi connectivity index (χ0n) is 20.6. The average Bonchev–Trinajstić information content (AvgIpc) is 3.13. The van der Waals surface area contributed by atoms with Gasteiger partial charge in [0.15, 0.2) is 0 Å². The highest BCUT2D eigenvalue weighted by molar-refractivity contribution is 6.53. The van der Waals surface area contributed by atoms with Gasteiger partial charge in [0.05, 0.1) is 30.2 Å². The van der Waals surface area contributed by atoms with Crippen molar-refractivity contribution in [2.75, 3.05) is 28.7 Å². The normalized spacial score (nSPS) is 13.0. The number of nitrogens with zero attached hydrogens (tertiary/aromatic N) is 1. The summed E-state index contributed by atoms with van der Waals surface area (Å²) >= 11 is 6.22. The number of nitrogens with one attached hydrogen (secondary N) is 2. The van der Waals surface area contributed by atoms with Gasteiger partial charge >= 0.3 is 5.97 Å². The van der Waals surface area contributed by atoms with Gasteiger partial charge in [-0.25, -0.2) is 9.69 Å². The van der Waals surface area contributed by atoms with Gasteiger partial charge in [-0.15, -0.1) is 0 Å². The molecule has 2 N–H and O–H groups in total. The molecule has 9 nitrogen and oxygen atoms in total. The number of para-hydroxylation sites is 2. The standard InChI is InChI=1S/C28H24ClN3O6/c1-3-37-22-11-6-5-10-21(22)31-25(33)17-12-14-19(15-13-17)30-24-23(29)26(34)32(27(24)35)20-9-7-8-18(16-20)28(36)38-4-2/h5-16,30H,3-4H2,1-2H3,(H,31,33). The van der Waals surface area contributed by atoms with Gasteiger partial charge in [0, 0.05) is 11.3 Å². The first-order chi connectivity index (χ1) is 18.3. The van der Waals surface area contributed by atoms with Crippen LogP contribution in [0.2, 0.25) is 0 Å². The van der Waals surface area contributed by atoms with Crippen LogP contribution in [0.5, 0.6) is 5.75 Å². The molecule has 0 unspecified atom stereocenters. The molecule has 3 aromatic rings. The number of hydrogen-bond acceptors (Lipinski definition) is 7. The van der Waals surface area contributed by atoms with E-state index in [4.69, 9.17) is 21.1 Å². The Balaban J connectivity index is 1.48. The third kappa shape index (κ3) is 5.52. The van der Waals surface area contributed by atoms with E-state index in [0.717, 1.165) is 4.90 Å². The van der Waals surface area contributed by atoms with Crippen LogP contribution in [0.15, 0.2) is 83.5 Å². The van der Waals surface area contributed by atoms with Gasteiger partial charge in [-0.3, -0.25) is 14.4 Å². The lowest BCUT2D eigenvalue weighted by Gasteiger charge is -2.16. The summed E-state index contributed by atoms with van der Waals surface area (Å²) in [4.78, 5) is 51.6. The molecule has 0 bridgehead atoms. The van der Waals surface area contributed by atoms with Gasteiger partial charge in [-0.1, -0.05) is 29.8 Å². The van der Waals surface area contributed by atoms with Crippen molar-refractivity contribution < 1.29 is 28.7 Å². The number of imide groups is 1. The van der Waals surface area contributed by atoms with E-state index in [1.54, 1.807) is 49.4 Å². The van der Waals surface area contributed by atoms with Crippen molar-refractivity contribution in [3.05, 3.63) is 94.7 Å². The Bertz CT molecular complexity index is 1430. The third-order valence-corrected chi connectivity index (χ3v) is 5.84. The second kappa shape index (κ2) is 11.6. The lowest BCUT2D eigenvalue weighted by atomic mass is 10.1. The molecule has 0 radical (unpaired) electrons. The van der Waals surface area contributed by atoms with E-state index in [2.05, 4.69) is 10.6 Å². The fourth-order valence-corrected chi connectivity index (χ4v) is 3.94. The Hall–Kier alpha value is -4.63. The van der Waals surface area contributed by atoms with Crippen LogP contribution >= 0.6 is 11.6 Å². The lowest BCUT2D eigenvalue weighted by molar-refractivity contribution is -0.120. The summed E-state index contributed by atoms with van der Waals surface area (Å²) in [5, 5.41) is 5.38. The first-order valence-corrected chi connectivity index (χ1v) is 12.2. The maximum absolute atomic E-state index is 13.1. The molecule has 0 aromatic heterocycles. The predicted molar refractivity (Wildman–Crippen MR) is 143 cm³/mol. The Morgan fingerprint density at radius 1 is 0.868 bits per heavy atom. The fourth-order valence-electron chi connectivity index (χ4n) is 3.73. The summed E-state index contributed by atoms with van der Waals surface area (Å²) in [5.41, 5.74) is 1.60. The van der Waals surface area contributed by atoms with Crippen LogP contribution in [0, 0.1) is 0 Å². The Morgan fingerprint density at radius 2 is 1.61 bits per heavy atom. The minimum absolute atomic E-state index is 0.124. The molecule has 0 fully saturated rings. The quantitative estimate of drug-likeness (QED) is 0.295. The smallest absolute Gasteiger partial charge is 0.338 e. The minimum Gasteiger partial charge on any atom is -0.492 e. The Labute approximate surface area is 224 Å². The molecule has 194 valence electrons. The third-order valence-electron chi connectivity index (χ3n) is 5.49. The van der Waals surface area contributed by atoms with Crippen LogP contribution in [-0.2, 0) is 14.3 Å². The number of rotatable bonds is 9. The largest absolute Gasteiger partial charge is 0.492 e. The lowest BCUT2D eigenvalue weighted by Crippen LogP contribution is -2.32. The molecule has 0 aliphatic carbocycles. The van der Waals surface area contributed by atoms with E-state index in [-0.39, 0.29) is 34.5 Å². The number of carbonyl (C=O) groups excluding carboxylic acids is 4. The van der Waals surface area contributed by atoms with E-state index >= 15 is 0 Å². The van der Waals surface area contributed by atoms with Gasteiger partial charge in [-0.05, 0) is 68.4 Å². The average molecular weight is 534 g/mol. The molecule has 0 saturated carbocycles. The second-order valence-corrected chi connectivity index (χ2v) is 8.37. The van der Waals surface area contributed by atoms with Gasteiger partial charge in [0.2, 0.25) is 0 Å². The number of amides is 3. The molecule has 3 amide bonds. The van der Waals surface area contributed by atoms with Crippen LogP contribution in [0.4, 0.5) is 17.1 Å². The van der Waals surface area contributed by atoms with Crippen molar-refractivity contribution in [3.63, 3.8) is 0 Å². The monoisotopic (exact) mass is 533 g/mol. The molecule has 38 heavy (non-hydrogen) atoms. The summed E-state index contributed by atoms with van der Waals surface area (Å²) < 4.78 is 10.5. The summed E-state index contributed by atoms with van der Waals surface area (Å²) in [7, 11) is 0. The van der Waals surface area contributed by atoms with E-state index in [1.165, 1.54) is 24.3 Å². The number of benzene rings is 3. The van der Waals surface area contributed by atoms with E-state index < -0.39 is 17.8 Å². The van der Waals surface area contributed by atoms with Gasteiger partial charge in [0.25, 0.3) is 17.7 Å². The van der Waals surface area contributed by atoms with E-state index in [9.17, 15) is 19.2 Å². The minimum atomic E-state index is -0.732. The van der Waals surface area contributed by atoms with Gasteiger partial charge in [0.1, 0.15) is 16.5 Å². The maximum atomic E-state index is 13.1. The molecule has 1 aliphatic heterocycles. The molecule has 10 heteroatoms. The summed E-state index contributed by atoms with van der Waals surface area (Å²) in [6.07, 6.45) is 0. The SMILES string of the molecule is CCOC(=O)c1cccc(N2C(=O)C(Cl)=C(Nc3ccc(C(=O)Nc4ccccc4OCC)cc3)C2=O)c1. The van der Waals surface area contributed by atoms with Crippen LogP contribution < -0.4 is 20.3 Å². The molecule has 0 atom stereocenters. The number of ether oxygens (including phenoxy) is 2. The highest BCUT2D eigenvalue weighted by Gasteiger charge is 2.39. The van der Waals surface area contributed by atoms with E-state index in [1.807, 2.05) is 13.0 Å². The molecule has 4 rings (SSSR count). The van der Waals surface area contributed by atoms with Gasteiger partial charge < -0.3 is 20.1 Å². The van der Waals surface area contributed by atoms with Crippen molar-refractivity contribution >= 4 is 52.4 Å². The first-order valence-electron chi connectivity index (χ1n) is 11.8. The van der Waals surface area contributed by atoms with Crippen molar-refractivity contribution in [3.8, 4) is 5.75 Å². The van der Waals surface area contributed by atoms with E-state index in [0.29, 0.717) is 29.3 Å². The highest BCUT2D eigenvalue weighted by atomic mass is 35.5. The topological polar surface area (TPSA) is 114 Å². The number of anilines is 3. The molecule has 0 saturated heterocycles. The van der Waals surface area contributed by atoms with Crippen LogP contribution in [-0.4, -0.2) is 36.9 Å². The highest BCUT2D eigenvalue weighted by Crippen LogP contribution is 2.31. The summed E-state index contributed by atoms with van der Waals surface area (Å²) in [5.74, 6) is -1.78. The molecule has 1 heterocycles. The zero-order chi connectivity index (χ0) is 27.2. The summed E-state index contributed by atoms with van der Waals surface area (Å²) in [6, 6.07) is 19.4. The molecular weight excluding hydrogens is 510 g/mol. The molecular formula is C28H24ClN3O6. The van der Waals surface area contributed by atoms with Crippen LogP contribution in [0.3, 0.4) is 0 Å². The number of esters is 1.